The summed E-state index contributed by atoms with van der Waals surface area (Å²) in [5, 5.41) is 15.9. The molecule has 0 unspecified atom stereocenters. The minimum atomic E-state index is -3.73. The monoisotopic (exact) mass is 416 g/mol. The van der Waals surface area contributed by atoms with Gasteiger partial charge >= 0.3 is 0 Å². The topological polar surface area (TPSA) is 94.8 Å². The second kappa shape index (κ2) is 8.62. The molecule has 0 saturated carbocycles. The number of benzene rings is 2. The van der Waals surface area contributed by atoms with Crippen molar-refractivity contribution in [3.63, 3.8) is 0 Å². The number of fused-ring (bicyclic) bond motifs is 1. The number of phenols is 1. The lowest BCUT2D eigenvalue weighted by Gasteiger charge is -2.20. The third-order valence-electron chi connectivity index (χ3n) is 4.38. The highest BCUT2D eigenvalue weighted by atomic mass is 32.2. The molecule has 0 amide bonds. The van der Waals surface area contributed by atoms with Gasteiger partial charge in [0.25, 0.3) is 10.0 Å². The van der Waals surface area contributed by atoms with Gasteiger partial charge in [0.05, 0.1) is 13.3 Å². The molecule has 0 radical (unpaired) electrons. The molecule has 0 saturated heterocycles. The first-order valence-electron chi connectivity index (χ1n) is 9.09. The van der Waals surface area contributed by atoms with Gasteiger partial charge in [0.1, 0.15) is 4.90 Å². The summed E-state index contributed by atoms with van der Waals surface area (Å²) < 4.78 is 33.9. The standard InChI is InChI=1S/C20H24N4O4S/c1-23(2)11-6-12-24(21-14-15-9-10-17(25)18(13-15)28-3)20-16-7-4-5-8-19(16)29(26,27)22-20/h4-5,7-10,13-14,25H,6,11-12H2,1-3H3. The predicted octanol–water partition coefficient (Wildman–Crippen LogP) is 2.14. The van der Waals surface area contributed by atoms with Gasteiger partial charge in [0.15, 0.2) is 17.3 Å². The van der Waals surface area contributed by atoms with Crippen LogP contribution in [0.25, 0.3) is 0 Å². The number of methoxy groups -OCH3 is 1. The molecule has 2 aromatic rings. The van der Waals surface area contributed by atoms with Gasteiger partial charge < -0.3 is 14.7 Å². The number of sulfonamides is 1. The lowest BCUT2D eigenvalue weighted by atomic mass is 10.2. The summed E-state index contributed by atoms with van der Waals surface area (Å²) in [5.74, 6) is 0.674. The molecule has 9 heteroatoms. The number of hydrazone groups is 1. The van der Waals surface area contributed by atoms with Crippen molar-refractivity contribution in [2.75, 3.05) is 34.3 Å². The Hall–Kier alpha value is -2.91. The van der Waals surface area contributed by atoms with E-state index in [4.69, 9.17) is 4.74 Å². The van der Waals surface area contributed by atoms with Crippen LogP contribution >= 0.6 is 0 Å². The molecule has 3 rings (SSSR count). The summed E-state index contributed by atoms with van der Waals surface area (Å²) in [5.41, 5.74) is 1.24. The highest BCUT2D eigenvalue weighted by molar-refractivity contribution is 7.90. The molecule has 0 aliphatic carbocycles. The lowest BCUT2D eigenvalue weighted by Crippen LogP contribution is -2.29. The van der Waals surface area contributed by atoms with Crippen molar-refractivity contribution >= 4 is 22.1 Å². The number of amidine groups is 1. The summed E-state index contributed by atoms with van der Waals surface area (Å²) in [6.07, 6.45) is 2.36. The average molecular weight is 417 g/mol. The SMILES string of the molecule is COc1cc(C=NN(CCCN(C)C)C2=NS(=O)(=O)c3ccccc32)ccc1O. The van der Waals surface area contributed by atoms with Crippen LogP contribution in [-0.4, -0.2) is 69.8 Å². The quantitative estimate of drug-likeness (QED) is 0.549. The van der Waals surface area contributed by atoms with Crippen LogP contribution in [0.2, 0.25) is 0 Å². The Morgan fingerprint density at radius 3 is 2.66 bits per heavy atom. The van der Waals surface area contributed by atoms with E-state index in [2.05, 4.69) is 9.50 Å². The normalized spacial score (nSPS) is 14.8. The number of aromatic hydroxyl groups is 1. The number of ether oxygens (including phenoxy) is 1. The van der Waals surface area contributed by atoms with E-state index in [0.29, 0.717) is 29.3 Å². The molecular weight excluding hydrogens is 392 g/mol. The minimum Gasteiger partial charge on any atom is -0.504 e. The zero-order chi connectivity index (χ0) is 21.0. The van der Waals surface area contributed by atoms with Crippen LogP contribution in [-0.2, 0) is 10.0 Å². The van der Waals surface area contributed by atoms with E-state index in [0.717, 1.165) is 13.0 Å². The van der Waals surface area contributed by atoms with E-state index in [1.54, 1.807) is 47.6 Å². The van der Waals surface area contributed by atoms with Crippen LogP contribution in [0.5, 0.6) is 11.5 Å². The van der Waals surface area contributed by atoms with Crippen LogP contribution in [0.3, 0.4) is 0 Å². The molecule has 2 aromatic carbocycles. The maximum atomic E-state index is 12.4. The maximum absolute atomic E-state index is 12.4. The Balaban J connectivity index is 1.93. The summed E-state index contributed by atoms with van der Waals surface area (Å²) in [6, 6.07) is 11.6. The first kappa shape index (κ1) is 20.8. The number of hydrogen-bond donors (Lipinski definition) is 1. The van der Waals surface area contributed by atoms with Gasteiger partial charge in [0, 0.05) is 12.1 Å². The molecule has 8 nitrogen and oxygen atoms in total. The highest BCUT2D eigenvalue weighted by Gasteiger charge is 2.31. The van der Waals surface area contributed by atoms with Gasteiger partial charge in [0.2, 0.25) is 0 Å². The molecule has 0 aromatic heterocycles. The third kappa shape index (κ3) is 4.75. The third-order valence-corrected chi connectivity index (χ3v) is 5.71. The van der Waals surface area contributed by atoms with Gasteiger partial charge in [-0.15, -0.1) is 4.40 Å². The molecule has 1 aliphatic rings. The number of rotatable bonds is 7. The summed E-state index contributed by atoms with van der Waals surface area (Å²) in [6.45, 7) is 1.31. The summed E-state index contributed by atoms with van der Waals surface area (Å²) in [4.78, 5) is 2.24. The number of hydrogen-bond acceptors (Lipinski definition) is 7. The smallest absolute Gasteiger partial charge is 0.285 e. The van der Waals surface area contributed by atoms with Crippen LogP contribution in [0, 0.1) is 0 Å². The minimum absolute atomic E-state index is 0.0349. The highest BCUT2D eigenvalue weighted by Crippen LogP contribution is 2.28. The molecule has 0 bridgehead atoms. The van der Waals surface area contributed by atoms with Gasteiger partial charge in [-0.3, -0.25) is 0 Å². The first-order chi connectivity index (χ1) is 13.8. The van der Waals surface area contributed by atoms with Crippen molar-refractivity contribution in [2.45, 2.75) is 11.3 Å². The summed E-state index contributed by atoms with van der Waals surface area (Å²) in [7, 11) is 1.69. The van der Waals surface area contributed by atoms with E-state index in [1.807, 2.05) is 19.0 Å². The van der Waals surface area contributed by atoms with Gasteiger partial charge in [-0.2, -0.15) is 13.5 Å². The van der Waals surface area contributed by atoms with Gasteiger partial charge in [-0.25, -0.2) is 5.01 Å². The predicted molar refractivity (Wildman–Crippen MR) is 112 cm³/mol. The molecule has 154 valence electrons. The summed E-state index contributed by atoms with van der Waals surface area (Å²) >= 11 is 0. The fourth-order valence-electron chi connectivity index (χ4n) is 2.94. The molecule has 29 heavy (non-hydrogen) atoms. The van der Waals surface area contributed by atoms with Crippen molar-refractivity contribution in [2.24, 2.45) is 9.50 Å². The van der Waals surface area contributed by atoms with E-state index < -0.39 is 10.0 Å². The maximum Gasteiger partial charge on any atom is 0.285 e. The van der Waals surface area contributed by atoms with Gasteiger partial charge in [-0.05, 0) is 63.0 Å². The Labute approximate surface area is 170 Å². The Kier molecular flexibility index (Phi) is 6.19. The number of phenolic OH excluding ortho intramolecular Hbond substituents is 1. The van der Waals surface area contributed by atoms with Crippen LogP contribution in [0.15, 0.2) is 56.9 Å². The van der Waals surface area contributed by atoms with Crippen molar-refractivity contribution < 1.29 is 18.3 Å². The molecule has 0 atom stereocenters. The molecule has 0 spiro atoms. The van der Waals surface area contributed by atoms with E-state index in [1.165, 1.54) is 13.2 Å². The molecule has 1 N–H and O–H groups in total. The van der Waals surface area contributed by atoms with Crippen LogP contribution in [0.1, 0.15) is 17.5 Å². The zero-order valence-corrected chi connectivity index (χ0v) is 17.4. The van der Waals surface area contributed by atoms with Crippen molar-refractivity contribution in [3.8, 4) is 11.5 Å². The molecule has 1 aliphatic heterocycles. The Morgan fingerprint density at radius 1 is 1.17 bits per heavy atom. The van der Waals surface area contributed by atoms with E-state index in [9.17, 15) is 13.5 Å². The molecular formula is C20H24N4O4S. The first-order valence-corrected chi connectivity index (χ1v) is 10.5. The second-order valence-electron chi connectivity index (χ2n) is 6.84. The van der Waals surface area contributed by atoms with Gasteiger partial charge in [-0.1, -0.05) is 12.1 Å². The lowest BCUT2D eigenvalue weighted by molar-refractivity contribution is 0.356. The van der Waals surface area contributed by atoms with Crippen molar-refractivity contribution in [3.05, 3.63) is 53.6 Å². The average Bonchev–Trinajstić information content (AvgIpc) is 2.96. The fraction of sp³-hybridized carbons (Fsp3) is 0.300. The number of nitrogens with zero attached hydrogens (tertiary/aromatic N) is 4. The van der Waals surface area contributed by atoms with E-state index in [-0.39, 0.29) is 10.6 Å². The Morgan fingerprint density at radius 2 is 1.93 bits per heavy atom. The fourth-order valence-corrected chi connectivity index (χ4v) is 4.15. The van der Waals surface area contributed by atoms with Crippen molar-refractivity contribution in [1.29, 1.82) is 0 Å². The van der Waals surface area contributed by atoms with Crippen LogP contribution < -0.4 is 4.74 Å². The largest absolute Gasteiger partial charge is 0.504 e. The Bertz CT molecular complexity index is 1050. The van der Waals surface area contributed by atoms with Crippen molar-refractivity contribution in [1.82, 2.24) is 9.91 Å². The molecule has 0 fully saturated rings. The van der Waals surface area contributed by atoms with Crippen LogP contribution in [0.4, 0.5) is 0 Å². The zero-order valence-electron chi connectivity index (χ0n) is 16.6. The molecule has 1 heterocycles. The van der Waals surface area contributed by atoms with E-state index >= 15 is 0 Å². The second-order valence-corrected chi connectivity index (χ2v) is 8.41.